The Morgan fingerprint density at radius 1 is 1.28 bits per heavy atom. The molecule has 1 aliphatic heterocycles. The second-order valence-corrected chi connectivity index (χ2v) is 8.00. The van der Waals surface area contributed by atoms with Gasteiger partial charge < -0.3 is 19.5 Å². The zero-order chi connectivity index (χ0) is 23.5. The number of imidazole rings is 1. The summed E-state index contributed by atoms with van der Waals surface area (Å²) in [6.07, 6.45) is 0.228. The molecule has 2 aromatic rings. The summed E-state index contributed by atoms with van der Waals surface area (Å²) >= 11 is 0. The minimum atomic E-state index is -5.08. The van der Waals surface area contributed by atoms with Gasteiger partial charge in [0.25, 0.3) is 0 Å². The average Bonchev–Trinajstić information content (AvgIpc) is 3.22. The molecule has 2 N–H and O–H groups in total. The van der Waals surface area contributed by atoms with Crippen LogP contribution in [0.5, 0.6) is 0 Å². The molecule has 9 nitrogen and oxygen atoms in total. The van der Waals surface area contributed by atoms with Crippen molar-refractivity contribution in [2.75, 3.05) is 6.54 Å². The second-order valence-electron chi connectivity index (χ2n) is 8.00. The van der Waals surface area contributed by atoms with Crippen LogP contribution in [0, 0.1) is 19.8 Å². The van der Waals surface area contributed by atoms with Crippen LogP contribution >= 0.6 is 0 Å². The number of carboxylic acid groups (broad SMARTS) is 1. The summed E-state index contributed by atoms with van der Waals surface area (Å²) in [6.45, 7) is 8.01. The summed E-state index contributed by atoms with van der Waals surface area (Å²) in [4.78, 5) is 27.9. The molecule has 0 spiro atoms. The number of fused-ring (bicyclic) bond motifs is 1. The van der Waals surface area contributed by atoms with Gasteiger partial charge in [-0.1, -0.05) is 11.6 Å². The van der Waals surface area contributed by atoms with Gasteiger partial charge in [-0.2, -0.15) is 13.2 Å². The lowest BCUT2D eigenvalue weighted by Gasteiger charge is -2.27. The summed E-state index contributed by atoms with van der Waals surface area (Å²) in [5, 5.41) is 14.2. The molecule has 1 aliphatic carbocycles. The Bertz CT molecular complexity index is 946. The summed E-state index contributed by atoms with van der Waals surface area (Å²) in [6, 6.07) is 0. The third kappa shape index (κ3) is 5.87. The molecule has 1 fully saturated rings. The first-order valence-corrected chi connectivity index (χ1v) is 10.3. The third-order valence-electron chi connectivity index (χ3n) is 5.66. The summed E-state index contributed by atoms with van der Waals surface area (Å²) in [7, 11) is 0. The van der Waals surface area contributed by atoms with Crippen molar-refractivity contribution in [2.45, 2.75) is 65.5 Å². The van der Waals surface area contributed by atoms with E-state index in [4.69, 9.17) is 19.4 Å². The van der Waals surface area contributed by atoms with Crippen LogP contribution in [0.1, 0.15) is 47.8 Å². The van der Waals surface area contributed by atoms with E-state index < -0.39 is 12.1 Å². The Hall–Kier alpha value is -2.89. The number of aromatic nitrogens is 3. The highest BCUT2D eigenvalue weighted by atomic mass is 19.4. The SMILES string of the molecule is Cc1noc(C)c1CN1CCn2cc(CNC(=O)C3CCC3)nc2C1.O=C(O)C(F)(F)F. The van der Waals surface area contributed by atoms with Gasteiger partial charge in [0.1, 0.15) is 11.6 Å². The van der Waals surface area contributed by atoms with Crippen molar-refractivity contribution in [3.63, 3.8) is 0 Å². The summed E-state index contributed by atoms with van der Waals surface area (Å²) in [5.74, 6) is -0.399. The van der Waals surface area contributed by atoms with E-state index in [1.165, 1.54) is 12.0 Å². The van der Waals surface area contributed by atoms with Crippen molar-refractivity contribution in [1.82, 2.24) is 24.9 Å². The molecule has 0 bridgehead atoms. The minimum Gasteiger partial charge on any atom is -0.475 e. The molecular weight excluding hydrogens is 431 g/mol. The van der Waals surface area contributed by atoms with Gasteiger partial charge in [-0.15, -0.1) is 0 Å². The van der Waals surface area contributed by atoms with Crippen molar-refractivity contribution in [1.29, 1.82) is 0 Å². The molecule has 0 aromatic carbocycles. The Labute approximate surface area is 182 Å². The number of halogens is 3. The Kier molecular flexibility index (Phi) is 7.22. The van der Waals surface area contributed by atoms with E-state index in [1.807, 2.05) is 13.8 Å². The second kappa shape index (κ2) is 9.72. The molecular formula is C20H26F3N5O4. The van der Waals surface area contributed by atoms with Gasteiger partial charge in [0.15, 0.2) is 0 Å². The number of rotatable bonds is 5. The number of nitrogens with zero attached hydrogens (tertiary/aromatic N) is 4. The molecule has 2 aromatic heterocycles. The fourth-order valence-electron chi connectivity index (χ4n) is 3.53. The van der Waals surface area contributed by atoms with Gasteiger partial charge in [-0.25, -0.2) is 9.78 Å². The summed E-state index contributed by atoms with van der Waals surface area (Å²) < 4.78 is 39.2. The molecule has 0 saturated heterocycles. The quantitative estimate of drug-likeness (QED) is 0.709. The number of aryl methyl sites for hydroxylation is 2. The van der Waals surface area contributed by atoms with Gasteiger partial charge in [-0.05, 0) is 26.7 Å². The van der Waals surface area contributed by atoms with Gasteiger partial charge in [0.05, 0.1) is 24.5 Å². The van der Waals surface area contributed by atoms with Crippen LogP contribution in [0.15, 0.2) is 10.7 Å². The number of carbonyl (C=O) groups is 2. The number of hydrogen-bond acceptors (Lipinski definition) is 6. The van der Waals surface area contributed by atoms with Gasteiger partial charge in [-0.3, -0.25) is 9.69 Å². The smallest absolute Gasteiger partial charge is 0.475 e. The highest BCUT2D eigenvalue weighted by molar-refractivity contribution is 5.79. The van der Waals surface area contributed by atoms with Crippen molar-refractivity contribution in [2.24, 2.45) is 5.92 Å². The first-order chi connectivity index (χ1) is 15.0. The number of alkyl halides is 3. The molecule has 0 radical (unpaired) electrons. The number of carbonyl (C=O) groups excluding carboxylic acids is 1. The van der Waals surface area contributed by atoms with E-state index in [1.54, 1.807) is 0 Å². The summed E-state index contributed by atoms with van der Waals surface area (Å²) in [5.41, 5.74) is 3.08. The molecule has 1 saturated carbocycles. The van der Waals surface area contributed by atoms with E-state index in [0.29, 0.717) is 6.54 Å². The van der Waals surface area contributed by atoms with Crippen LogP contribution in [0.2, 0.25) is 0 Å². The van der Waals surface area contributed by atoms with Crippen molar-refractivity contribution >= 4 is 11.9 Å². The molecule has 176 valence electrons. The predicted octanol–water partition coefficient (Wildman–Crippen LogP) is 2.55. The fourth-order valence-corrected chi connectivity index (χ4v) is 3.53. The van der Waals surface area contributed by atoms with E-state index in [-0.39, 0.29) is 11.8 Å². The minimum absolute atomic E-state index is 0.178. The average molecular weight is 457 g/mol. The number of amides is 1. The lowest BCUT2D eigenvalue weighted by molar-refractivity contribution is -0.192. The van der Waals surface area contributed by atoms with E-state index in [2.05, 4.69) is 26.1 Å². The maximum absolute atomic E-state index is 12.0. The first kappa shape index (κ1) is 23.8. The van der Waals surface area contributed by atoms with Crippen LogP contribution in [0.4, 0.5) is 13.2 Å². The van der Waals surface area contributed by atoms with Crippen LogP contribution < -0.4 is 5.32 Å². The molecule has 32 heavy (non-hydrogen) atoms. The predicted molar refractivity (Wildman–Crippen MR) is 105 cm³/mol. The normalized spacial score (nSPS) is 16.5. The van der Waals surface area contributed by atoms with Crippen molar-refractivity contribution in [3.05, 3.63) is 34.7 Å². The topological polar surface area (TPSA) is 113 Å². The molecule has 1 amide bonds. The van der Waals surface area contributed by atoms with Crippen LogP contribution in [0.3, 0.4) is 0 Å². The number of carboxylic acids is 1. The van der Waals surface area contributed by atoms with E-state index in [9.17, 15) is 18.0 Å². The van der Waals surface area contributed by atoms with Crippen molar-refractivity contribution < 1.29 is 32.4 Å². The zero-order valence-corrected chi connectivity index (χ0v) is 17.9. The van der Waals surface area contributed by atoms with Gasteiger partial charge in [0, 0.05) is 37.3 Å². The van der Waals surface area contributed by atoms with Gasteiger partial charge in [0.2, 0.25) is 5.91 Å². The van der Waals surface area contributed by atoms with Crippen molar-refractivity contribution in [3.8, 4) is 0 Å². The number of nitrogens with one attached hydrogen (secondary N) is 1. The fraction of sp³-hybridized carbons (Fsp3) is 0.600. The maximum Gasteiger partial charge on any atom is 0.490 e. The molecule has 0 atom stereocenters. The van der Waals surface area contributed by atoms with Crippen LogP contribution in [-0.4, -0.2) is 49.3 Å². The maximum atomic E-state index is 12.0. The monoisotopic (exact) mass is 457 g/mol. The molecule has 12 heteroatoms. The third-order valence-corrected chi connectivity index (χ3v) is 5.66. The highest BCUT2D eigenvalue weighted by Gasteiger charge is 2.38. The van der Waals surface area contributed by atoms with E-state index in [0.717, 1.165) is 62.0 Å². The van der Waals surface area contributed by atoms with E-state index >= 15 is 0 Å². The Balaban J connectivity index is 0.000000360. The lowest BCUT2D eigenvalue weighted by Crippen LogP contribution is -2.34. The molecule has 4 rings (SSSR count). The lowest BCUT2D eigenvalue weighted by atomic mass is 9.85. The number of hydrogen-bond donors (Lipinski definition) is 2. The Morgan fingerprint density at radius 3 is 2.50 bits per heavy atom. The Morgan fingerprint density at radius 2 is 1.97 bits per heavy atom. The molecule has 2 aliphatic rings. The zero-order valence-electron chi connectivity index (χ0n) is 17.9. The highest BCUT2D eigenvalue weighted by Crippen LogP contribution is 2.26. The molecule has 0 unspecified atom stereocenters. The standard InChI is InChI=1S/C18H25N5O2.C2HF3O2/c1-12-16(13(2)25-21-12)10-22-6-7-23-9-15(20-17(23)11-22)8-19-18(24)14-4-3-5-14;3-2(4,5)1(6)7/h9,14H,3-8,10-11H2,1-2H3,(H,19,24);(H,6,7). The van der Waals surface area contributed by atoms with Gasteiger partial charge >= 0.3 is 12.1 Å². The van der Waals surface area contributed by atoms with Crippen LogP contribution in [-0.2, 0) is 35.8 Å². The number of aliphatic carboxylic acids is 1. The first-order valence-electron chi connectivity index (χ1n) is 10.3. The van der Waals surface area contributed by atoms with Crippen LogP contribution in [0.25, 0.3) is 0 Å². The largest absolute Gasteiger partial charge is 0.490 e. The molecule has 3 heterocycles.